The molecule has 104 valence electrons. The van der Waals surface area contributed by atoms with Crippen molar-refractivity contribution in [2.45, 2.75) is 20.0 Å². The van der Waals surface area contributed by atoms with Gasteiger partial charge in [-0.1, -0.05) is 12.1 Å². The summed E-state index contributed by atoms with van der Waals surface area (Å²) in [5.74, 6) is 1.39. The quantitative estimate of drug-likeness (QED) is 0.848. The zero-order chi connectivity index (χ0) is 13.9. The van der Waals surface area contributed by atoms with E-state index < -0.39 is 5.41 Å². The molecule has 1 heterocycles. The van der Waals surface area contributed by atoms with Crippen LogP contribution < -0.4 is 20.5 Å². The van der Waals surface area contributed by atoms with Crippen LogP contribution in [0.3, 0.4) is 0 Å². The van der Waals surface area contributed by atoms with Gasteiger partial charge in [0, 0.05) is 6.54 Å². The van der Waals surface area contributed by atoms with Gasteiger partial charge in [0.15, 0.2) is 11.5 Å². The normalized spacial score (nSPS) is 17.9. The van der Waals surface area contributed by atoms with Crippen molar-refractivity contribution in [3.63, 3.8) is 0 Å². The summed E-state index contributed by atoms with van der Waals surface area (Å²) in [7, 11) is 0. The van der Waals surface area contributed by atoms with E-state index in [2.05, 4.69) is 5.32 Å². The molecule has 0 saturated carbocycles. The molecule has 0 radical (unpaired) electrons. The lowest BCUT2D eigenvalue weighted by molar-refractivity contribution is -0.129. The molecule has 0 saturated heterocycles. The molecule has 1 unspecified atom stereocenters. The maximum absolute atomic E-state index is 11.9. The summed E-state index contributed by atoms with van der Waals surface area (Å²) < 4.78 is 11.3. The number of rotatable bonds is 4. The fourth-order valence-corrected chi connectivity index (χ4v) is 1.70. The van der Waals surface area contributed by atoms with E-state index in [4.69, 9.17) is 15.2 Å². The first-order valence-electron chi connectivity index (χ1n) is 6.40. The number of nitrogens with two attached hydrogens (primary N) is 1. The van der Waals surface area contributed by atoms with Gasteiger partial charge < -0.3 is 20.5 Å². The van der Waals surface area contributed by atoms with E-state index in [1.54, 1.807) is 0 Å². The predicted molar refractivity (Wildman–Crippen MR) is 72.2 cm³/mol. The van der Waals surface area contributed by atoms with Gasteiger partial charge >= 0.3 is 0 Å². The van der Waals surface area contributed by atoms with Crippen LogP contribution in [0.15, 0.2) is 24.3 Å². The zero-order valence-corrected chi connectivity index (χ0v) is 11.3. The van der Waals surface area contributed by atoms with Crippen LogP contribution in [-0.4, -0.2) is 31.7 Å². The number of nitrogens with one attached hydrogen (secondary N) is 1. The Kier molecular flexibility index (Phi) is 3.95. The molecule has 0 fully saturated rings. The molecule has 2 rings (SSSR count). The van der Waals surface area contributed by atoms with E-state index in [9.17, 15) is 4.79 Å². The highest BCUT2D eigenvalue weighted by Gasteiger charge is 2.27. The van der Waals surface area contributed by atoms with Crippen molar-refractivity contribution in [1.29, 1.82) is 0 Å². The summed E-state index contributed by atoms with van der Waals surface area (Å²) >= 11 is 0. The summed E-state index contributed by atoms with van der Waals surface area (Å²) in [6.07, 6.45) is -0.174. The Hall–Kier alpha value is -1.75. The summed E-state index contributed by atoms with van der Waals surface area (Å²) in [6, 6.07) is 7.50. The molecule has 19 heavy (non-hydrogen) atoms. The van der Waals surface area contributed by atoms with Crippen LogP contribution in [0.4, 0.5) is 0 Å². The molecule has 0 bridgehead atoms. The Labute approximate surface area is 113 Å². The van der Waals surface area contributed by atoms with Crippen LogP contribution in [0.5, 0.6) is 11.5 Å². The first-order valence-corrected chi connectivity index (χ1v) is 6.40. The van der Waals surface area contributed by atoms with E-state index in [0.29, 0.717) is 25.4 Å². The third-order valence-electron chi connectivity index (χ3n) is 3.18. The maximum Gasteiger partial charge on any atom is 0.227 e. The van der Waals surface area contributed by atoms with Crippen LogP contribution >= 0.6 is 0 Å². The number of carbonyl (C=O) groups is 1. The van der Waals surface area contributed by atoms with Gasteiger partial charge in [0.2, 0.25) is 5.91 Å². The lowest BCUT2D eigenvalue weighted by atomic mass is 9.93. The number of ether oxygens (including phenoxy) is 2. The number of benzene rings is 1. The molecule has 0 aliphatic carbocycles. The zero-order valence-electron chi connectivity index (χ0n) is 11.3. The molecule has 0 aromatic heterocycles. The molecule has 1 atom stereocenters. The van der Waals surface area contributed by atoms with Crippen molar-refractivity contribution in [2.75, 3.05) is 19.7 Å². The number of amides is 1. The second-order valence-corrected chi connectivity index (χ2v) is 5.30. The van der Waals surface area contributed by atoms with Gasteiger partial charge in [-0.25, -0.2) is 0 Å². The Bertz CT molecular complexity index is 460. The Morgan fingerprint density at radius 3 is 2.79 bits per heavy atom. The monoisotopic (exact) mass is 264 g/mol. The van der Waals surface area contributed by atoms with Crippen molar-refractivity contribution in [3.05, 3.63) is 24.3 Å². The van der Waals surface area contributed by atoms with Crippen LogP contribution in [0.25, 0.3) is 0 Å². The second kappa shape index (κ2) is 5.48. The van der Waals surface area contributed by atoms with Crippen molar-refractivity contribution >= 4 is 5.91 Å². The van der Waals surface area contributed by atoms with Gasteiger partial charge in [-0.2, -0.15) is 0 Å². The molecular formula is C14H20N2O3. The van der Waals surface area contributed by atoms with Gasteiger partial charge in [-0.3, -0.25) is 4.79 Å². The van der Waals surface area contributed by atoms with Gasteiger partial charge in [-0.15, -0.1) is 0 Å². The van der Waals surface area contributed by atoms with Gasteiger partial charge in [-0.05, 0) is 26.0 Å². The van der Waals surface area contributed by atoms with E-state index >= 15 is 0 Å². The van der Waals surface area contributed by atoms with Crippen molar-refractivity contribution in [1.82, 2.24) is 5.32 Å². The first-order chi connectivity index (χ1) is 9.03. The average Bonchev–Trinajstić information content (AvgIpc) is 2.44. The number of para-hydroxylation sites is 2. The lowest BCUT2D eigenvalue weighted by Crippen LogP contribution is -2.47. The molecule has 3 N–H and O–H groups in total. The SMILES string of the molecule is CC(C)(CN)C(=O)NCC1COc2ccccc2O1. The highest BCUT2D eigenvalue weighted by molar-refractivity contribution is 5.82. The van der Waals surface area contributed by atoms with Gasteiger partial charge in [0.1, 0.15) is 12.7 Å². The standard InChI is InChI=1S/C14H20N2O3/c1-14(2,9-15)13(17)16-7-10-8-18-11-5-3-4-6-12(11)19-10/h3-6,10H,7-9,15H2,1-2H3,(H,16,17). The molecule has 1 aliphatic heterocycles. The van der Waals surface area contributed by atoms with Gasteiger partial charge in [0.25, 0.3) is 0 Å². The molecule has 1 amide bonds. The maximum atomic E-state index is 11.9. The number of hydrogen-bond acceptors (Lipinski definition) is 4. The fourth-order valence-electron chi connectivity index (χ4n) is 1.70. The van der Waals surface area contributed by atoms with Gasteiger partial charge in [0.05, 0.1) is 12.0 Å². The number of hydrogen-bond donors (Lipinski definition) is 2. The van der Waals surface area contributed by atoms with Crippen molar-refractivity contribution in [2.24, 2.45) is 11.1 Å². The van der Waals surface area contributed by atoms with Crippen LogP contribution in [0.1, 0.15) is 13.8 Å². The average molecular weight is 264 g/mol. The lowest BCUT2D eigenvalue weighted by Gasteiger charge is -2.28. The molecular weight excluding hydrogens is 244 g/mol. The molecule has 5 nitrogen and oxygen atoms in total. The molecule has 5 heteroatoms. The highest BCUT2D eigenvalue weighted by atomic mass is 16.6. The largest absolute Gasteiger partial charge is 0.486 e. The summed E-state index contributed by atoms with van der Waals surface area (Å²) in [5.41, 5.74) is 5.00. The fraction of sp³-hybridized carbons (Fsp3) is 0.500. The highest BCUT2D eigenvalue weighted by Crippen LogP contribution is 2.30. The van der Waals surface area contributed by atoms with Crippen LogP contribution in [0, 0.1) is 5.41 Å². The van der Waals surface area contributed by atoms with Crippen LogP contribution in [-0.2, 0) is 4.79 Å². The third-order valence-corrected chi connectivity index (χ3v) is 3.18. The molecule has 1 aliphatic rings. The van der Waals surface area contributed by atoms with Crippen LogP contribution in [0.2, 0.25) is 0 Å². The Morgan fingerprint density at radius 1 is 1.42 bits per heavy atom. The minimum Gasteiger partial charge on any atom is -0.486 e. The molecule has 1 aromatic rings. The van der Waals surface area contributed by atoms with E-state index in [1.807, 2.05) is 38.1 Å². The topological polar surface area (TPSA) is 73.6 Å². The van der Waals surface area contributed by atoms with E-state index in [-0.39, 0.29) is 12.0 Å². The predicted octanol–water partition coefficient (Wildman–Crippen LogP) is 0.928. The van der Waals surface area contributed by atoms with Crippen molar-refractivity contribution < 1.29 is 14.3 Å². The number of fused-ring (bicyclic) bond motifs is 1. The first kappa shape index (κ1) is 13.7. The smallest absolute Gasteiger partial charge is 0.227 e. The molecule has 1 aromatic carbocycles. The molecule has 0 spiro atoms. The van der Waals surface area contributed by atoms with E-state index in [0.717, 1.165) is 5.75 Å². The Balaban J connectivity index is 1.88. The number of carbonyl (C=O) groups excluding carboxylic acids is 1. The minimum absolute atomic E-state index is 0.0718. The van der Waals surface area contributed by atoms with Crippen molar-refractivity contribution in [3.8, 4) is 11.5 Å². The summed E-state index contributed by atoms with van der Waals surface area (Å²) in [6.45, 7) is 4.78. The summed E-state index contributed by atoms with van der Waals surface area (Å²) in [4.78, 5) is 11.9. The second-order valence-electron chi connectivity index (χ2n) is 5.30. The third kappa shape index (κ3) is 3.17. The van der Waals surface area contributed by atoms with E-state index in [1.165, 1.54) is 0 Å². The Morgan fingerprint density at radius 2 is 2.11 bits per heavy atom. The minimum atomic E-state index is -0.562. The summed E-state index contributed by atoms with van der Waals surface area (Å²) in [5, 5.41) is 2.85.